The molecule has 0 aliphatic rings. The summed E-state index contributed by atoms with van der Waals surface area (Å²) in [5, 5.41) is 0.620. The second-order valence-electron chi connectivity index (χ2n) is 6.04. The summed E-state index contributed by atoms with van der Waals surface area (Å²) in [5.74, 6) is 1.79. The molecule has 0 fully saturated rings. The van der Waals surface area contributed by atoms with Crippen molar-refractivity contribution in [1.82, 2.24) is 4.98 Å². The highest BCUT2D eigenvalue weighted by Crippen LogP contribution is 2.38. The number of methoxy groups -OCH3 is 1. The standard InChI is InChI=1S/C21H20FNO2/c1-5-17-20(13(2)3)23-19-11-6-14(22)12-18(19)21(17)25-16-9-7-15(24-4)8-10-16/h5-13H,1H2,2-4H3. The maximum atomic E-state index is 13.8. The number of nitrogens with zero attached hydrogens (tertiary/aromatic N) is 1. The Bertz CT molecular complexity index is 917. The van der Waals surface area contributed by atoms with E-state index in [4.69, 9.17) is 9.47 Å². The fourth-order valence-electron chi connectivity index (χ4n) is 2.75. The molecule has 0 saturated heterocycles. The molecule has 0 amide bonds. The summed E-state index contributed by atoms with van der Waals surface area (Å²) in [5.41, 5.74) is 2.35. The minimum Gasteiger partial charge on any atom is -0.497 e. The van der Waals surface area contributed by atoms with E-state index in [1.54, 1.807) is 19.3 Å². The van der Waals surface area contributed by atoms with Gasteiger partial charge in [-0.25, -0.2) is 4.39 Å². The van der Waals surface area contributed by atoms with Gasteiger partial charge < -0.3 is 9.47 Å². The van der Waals surface area contributed by atoms with Crippen LogP contribution in [-0.2, 0) is 0 Å². The Morgan fingerprint density at radius 3 is 2.36 bits per heavy atom. The van der Waals surface area contributed by atoms with Crippen LogP contribution in [0.4, 0.5) is 4.39 Å². The summed E-state index contributed by atoms with van der Waals surface area (Å²) in [6, 6.07) is 11.8. The predicted molar refractivity (Wildman–Crippen MR) is 98.9 cm³/mol. The highest BCUT2D eigenvalue weighted by molar-refractivity contribution is 5.90. The third-order valence-electron chi connectivity index (χ3n) is 4.00. The summed E-state index contributed by atoms with van der Waals surface area (Å²) in [6.45, 7) is 8.01. The molecule has 0 aliphatic carbocycles. The zero-order chi connectivity index (χ0) is 18.0. The highest BCUT2D eigenvalue weighted by atomic mass is 19.1. The van der Waals surface area contributed by atoms with E-state index < -0.39 is 0 Å². The number of hydrogen-bond donors (Lipinski definition) is 0. The van der Waals surface area contributed by atoms with Gasteiger partial charge in [0, 0.05) is 10.9 Å². The van der Waals surface area contributed by atoms with Crippen molar-refractivity contribution in [2.45, 2.75) is 19.8 Å². The molecule has 3 rings (SSSR count). The molecular weight excluding hydrogens is 317 g/mol. The van der Waals surface area contributed by atoms with E-state index in [0.29, 0.717) is 22.4 Å². The molecule has 0 atom stereocenters. The minimum absolute atomic E-state index is 0.181. The van der Waals surface area contributed by atoms with Gasteiger partial charge in [0.15, 0.2) is 0 Å². The molecule has 1 heterocycles. The third kappa shape index (κ3) is 3.33. The molecule has 0 saturated carbocycles. The first-order chi connectivity index (χ1) is 12.0. The number of halogens is 1. The van der Waals surface area contributed by atoms with Gasteiger partial charge in [-0.3, -0.25) is 4.98 Å². The van der Waals surface area contributed by atoms with Crippen molar-refractivity contribution in [3.63, 3.8) is 0 Å². The average Bonchev–Trinajstić information content (AvgIpc) is 2.62. The maximum Gasteiger partial charge on any atom is 0.145 e. The van der Waals surface area contributed by atoms with E-state index in [0.717, 1.165) is 17.0 Å². The van der Waals surface area contributed by atoms with Gasteiger partial charge in [0.05, 0.1) is 18.3 Å². The lowest BCUT2D eigenvalue weighted by Gasteiger charge is -2.17. The van der Waals surface area contributed by atoms with Crippen molar-refractivity contribution < 1.29 is 13.9 Å². The van der Waals surface area contributed by atoms with E-state index >= 15 is 0 Å². The van der Waals surface area contributed by atoms with Crippen LogP contribution in [0.15, 0.2) is 49.0 Å². The first-order valence-corrected chi connectivity index (χ1v) is 8.11. The lowest BCUT2D eigenvalue weighted by Crippen LogP contribution is -2.01. The van der Waals surface area contributed by atoms with Crippen molar-refractivity contribution in [3.05, 3.63) is 66.1 Å². The van der Waals surface area contributed by atoms with Gasteiger partial charge in [0.2, 0.25) is 0 Å². The van der Waals surface area contributed by atoms with E-state index in [1.807, 2.05) is 24.3 Å². The zero-order valence-electron chi connectivity index (χ0n) is 14.5. The number of ether oxygens (including phenoxy) is 2. The van der Waals surface area contributed by atoms with Crippen molar-refractivity contribution in [2.24, 2.45) is 0 Å². The van der Waals surface area contributed by atoms with Crippen LogP contribution in [0.2, 0.25) is 0 Å². The van der Waals surface area contributed by atoms with Crippen LogP contribution in [-0.4, -0.2) is 12.1 Å². The molecule has 2 aromatic carbocycles. The Morgan fingerprint density at radius 2 is 1.76 bits per heavy atom. The Labute approximate surface area is 146 Å². The Balaban J connectivity index is 2.21. The first kappa shape index (κ1) is 17.0. The van der Waals surface area contributed by atoms with Gasteiger partial charge in [-0.05, 0) is 48.4 Å². The van der Waals surface area contributed by atoms with Crippen LogP contribution in [0, 0.1) is 5.82 Å². The number of hydrogen-bond acceptors (Lipinski definition) is 3. The van der Waals surface area contributed by atoms with Crippen molar-refractivity contribution in [2.75, 3.05) is 7.11 Å². The van der Waals surface area contributed by atoms with Gasteiger partial charge in [-0.15, -0.1) is 0 Å². The molecule has 0 aliphatic heterocycles. The third-order valence-corrected chi connectivity index (χ3v) is 4.00. The second-order valence-corrected chi connectivity index (χ2v) is 6.04. The predicted octanol–water partition coefficient (Wildman–Crippen LogP) is 5.94. The van der Waals surface area contributed by atoms with E-state index in [9.17, 15) is 4.39 Å². The van der Waals surface area contributed by atoms with Crippen LogP contribution in [0.25, 0.3) is 17.0 Å². The van der Waals surface area contributed by atoms with Crippen LogP contribution in [0.5, 0.6) is 17.2 Å². The Kier molecular flexibility index (Phi) is 4.70. The number of fused-ring (bicyclic) bond motifs is 1. The number of pyridine rings is 1. The SMILES string of the molecule is C=Cc1c(C(C)C)nc2ccc(F)cc2c1Oc1ccc(OC)cc1. The summed E-state index contributed by atoms with van der Waals surface area (Å²) in [6.07, 6.45) is 1.71. The van der Waals surface area contributed by atoms with Gasteiger partial charge in [0.25, 0.3) is 0 Å². The molecule has 4 heteroatoms. The van der Waals surface area contributed by atoms with Crippen LogP contribution in [0.1, 0.15) is 31.0 Å². The topological polar surface area (TPSA) is 31.4 Å². The fraction of sp³-hybridized carbons (Fsp3) is 0.190. The summed E-state index contributed by atoms with van der Waals surface area (Å²) < 4.78 is 25.1. The lowest BCUT2D eigenvalue weighted by atomic mass is 10.00. The van der Waals surface area contributed by atoms with E-state index in [-0.39, 0.29) is 11.7 Å². The summed E-state index contributed by atoms with van der Waals surface area (Å²) in [4.78, 5) is 4.68. The molecule has 3 aromatic rings. The monoisotopic (exact) mass is 337 g/mol. The number of benzene rings is 2. The Morgan fingerprint density at radius 1 is 1.08 bits per heavy atom. The van der Waals surface area contributed by atoms with E-state index in [2.05, 4.69) is 25.4 Å². The lowest BCUT2D eigenvalue weighted by molar-refractivity contribution is 0.413. The highest BCUT2D eigenvalue weighted by Gasteiger charge is 2.18. The summed E-state index contributed by atoms with van der Waals surface area (Å²) >= 11 is 0. The fourth-order valence-corrected chi connectivity index (χ4v) is 2.75. The number of rotatable bonds is 5. The number of aromatic nitrogens is 1. The summed E-state index contributed by atoms with van der Waals surface area (Å²) in [7, 11) is 1.61. The molecule has 0 bridgehead atoms. The van der Waals surface area contributed by atoms with Gasteiger partial charge in [0.1, 0.15) is 23.1 Å². The molecule has 0 radical (unpaired) electrons. The van der Waals surface area contributed by atoms with Crippen molar-refractivity contribution in [1.29, 1.82) is 0 Å². The normalized spacial score (nSPS) is 10.9. The quantitative estimate of drug-likeness (QED) is 0.577. The molecule has 0 unspecified atom stereocenters. The van der Waals surface area contributed by atoms with E-state index in [1.165, 1.54) is 12.1 Å². The first-order valence-electron chi connectivity index (χ1n) is 8.11. The largest absolute Gasteiger partial charge is 0.497 e. The van der Waals surface area contributed by atoms with Gasteiger partial charge in [-0.2, -0.15) is 0 Å². The molecular formula is C21H20FNO2. The smallest absolute Gasteiger partial charge is 0.145 e. The molecule has 0 N–H and O–H groups in total. The second kappa shape index (κ2) is 6.93. The maximum absolute atomic E-state index is 13.8. The van der Waals surface area contributed by atoms with Crippen LogP contribution >= 0.6 is 0 Å². The average molecular weight is 337 g/mol. The zero-order valence-corrected chi connectivity index (χ0v) is 14.5. The van der Waals surface area contributed by atoms with Crippen LogP contribution < -0.4 is 9.47 Å². The molecule has 128 valence electrons. The van der Waals surface area contributed by atoms with Gasteiger partial charge in [-0.1, -0.05) is 26.5 Å². The molecule has 0 spiro atoms. The minimum atomic E-state index is -0.332. The molecule has 25 heavy (non-hydrogen) atoms. The Hall–Kier alpha value is -2.88. The van der Waals surface area contributed by atoms with Crippen molar-refractivity contribution in [3.8, 4) is 17.2 Å². The molecule has 1 aromatic heterocycles. The molecule has 3 nitrogen and oxygen atoms in total. The van der Waals surface area contributed by atoms with Gasteiger partial charge >= 0.3 is 0 Å². The van der Waals surface area contributed by atoms with Crippen LogP contribution in [0.3, 0.4) is 0 Å². The van der Waals surface area contributed by atoms with Crippen molar-refractivity contribution >= 4 is 17.0 Å².